The van der Waals surface area contributed by atoms with Crippen molar-refractivity contribution in [3.8, 4) is 0 Å². The fourth-order valence-electron chi connectivity index (χ4n) is 1.09. The number of hydrogen-bond acceptors (Lipinski definition) is 3. The maximum atomic E-state index is 13.3. The Hall–Kier alpha value is -1.66. The van der Waals surface area contributed by atoms with E-state index in [2.05, 4.69) is 10.6 Å². The minimum atomic E-state index is -1.03. The van der Waals surface area contributed by atoms with Crippen molar-refractivity contribution in [3.63, 3.8) is 0 Å². The Labute approximate surface area is 108 Å². The van der Waals surface area contributed by atoms with Crippen molar-refractivity contribution in [2.45, 2.75) is 13.0 Å². The zero-order valence-corrected chi connectivity index (χ0v) is 10.3. The van der Waals surface area contributed by atoms with Crippen LogP contribution in [0.4, 0.5) is 10.1 Å². The summed E-state index contributed by atoms with van der Waals surface area (Å²) >= 11 is 5.63. The Kier molecular flexibility index (Phi) is 5.06. The van der Waals surface area contributed by atoms with Crippen molar-refractivity contribution in [3.05, 3.63) is 29.0 Å². The van der Waals surface area contributed by atoms with Crippen LogP contribution in [0.1, 0.15) is 6.92 Å². The second kappa shape index (κ2) is 6.32. The zero-order valence-electron chi connectivity index (χ0n) is 9.54. The van der Waals surface area contributed by atoms with Crippen molar-refractivity contribution in [1.29, 1.82) is 0 Å². The number of rotatable bonds is 3. The van der Waals surface area contributed by atoms with Gasteiger partial charge in [0.25, 0.3) is 0 Å². The average Bonchev–Trinajstić information content (AvgIpc) is 2.30. The van der Waals surface area contributed by atoms with E-state index in [1.807, 2.05) is 0 Å². The Bertz CT molecular complexity index is 466. The molecule has 0 aliphatic heterocycles. The molecule has 7 heteroatoms. The highest BCUT2D eigenvalue weighted by molar-refractivity contribution is 6.39. The monoisotopic (exact) mass is 274 g/mol. The Morgan fingerprint density at radius 2 is 2.11 bits per heavy atom. The zero-order chi connectivity index (χ0) is 13.7. The highest BCUT2D eigenvalue weighted by atomic mass is 35.5. The highest BCUT2D eigenvalue weighted by Gasteiger charge is 2.15. The van der Waals surface area contributed by atoms with Gasteiger partial charge in [0, 0.05) is 11.6 Å². The summed E-state index contributed by atoms with van der Waals surface area (Å²) in [7, 11) is 0. The first-order valence-corrected chi connectivity index (χ1v) is 5.50. The number of aliphatic hydroxyl groups is 1. The van der Waals surface area contributed by atoms with E-state index in [9.17, 15) is 14.0 Å². The molecule has 0 saturated heterocycles. The summed E-state index contributed by atoms with van der Waals surface area (Å²) in [6.45, 7) is 1.39. The molecule has 18 heavy (non-hydrogen) atoms. The van der Waals surface area contributed by atoms with Gasteiger partial charge in [0.15, 0.2) is 0 Å². The normalized spacial score (nSPS) is 11.8. The molecule has 98 valence electrons. The lowest BCUT2D eigenvalue weighted by Crippen LogP contribution is -2.38. The van der Waals surface area contributed by atoms with E-state index in [1.165, 1.54) is 19.1 Å². The molecule has 0 aliphatic carbocycles. The topological polar surface area (TPSA) is 78.4 Å². The maximum Gasteiger partial charge on any atom is 0.313 e. The number of benzene rings is 1. The number of carbonyl (C=O) groups excluding carboxylic acids is 2. The van der Waals surface area contributed by atoms with Crippen LogP contribution in [-0.4, -0.2) is 29.6 Å². The van der Waals surface area contributed by atoms with Crippen LogP contribution in [0.15, 0.2) is 18.2 Å². The van der Waals surface area contributed by atoms with Crippen molar-refractivity contribution >= 4 is 29.1 Å². The minimum absolute atomic E-state index is 0.0652. The van der Waals surface area contributed by atoms with Crippen LogP contribution < -0.4 is 10.6 Å². The van der Waals surface area contributed by atoms with Gasteiger partial charge < -0.3 is 15.7 Å². The van der Waals surface area contributed by atoms with Gasteiger partial charge in [-0.05, 0) is 25.1 Å². The van der Waals surface area contributed by atoms with Gasteiger partial charge in [-0.1, -0.05) is 11.6 Å². The van der Waals surface area contributed by atoms with E-state index in [-0.39, 0.29) is 17.3 Å². The lowest BCUT2D eigenvalue weighted by molar-refractivity contribution is -0.136. The lowest BCUT2D eigenvalue weighted by Gasteiger charge is -2.08. The van der Waals surface area contributed by atoms with E-state index in [0.29, 0.717) is 0 Å². The van der Waals surface area contributed by atoms with Crippen molar-refractivity contribution < 1.29 is 19.1 Å². The van der Waals surface area contributed by atoms with E-state index in [4.69, 9.17) is 16.7 Å². The summed E-state index contributed by atoms with van der Waals surface area (Å²) in [6, 6.07) is 3.59. The molecule has 0 aromatic heterocycles. The molecule has 0 bridgehead atoms. The molecule has 0 radical (unpaired) electrons. The van der Waals surface area contributed by atoms with Crippen LogP contribution in [0.3, 0.4) is 0 Å². The Morgan fingerprint density at radius 3 is 2.72 bits per heavy atom. The quantitative estimate of drug-likeness (QED) is 0.717. The van der Waals surface area contributed by atoms with Crippen LogP contribution in [0.5, 0.6) is 0 Å². The Morgan fingerprint density at radius 1 is 1.44 bits per heavy atom. The predicted molar refractivity (Wildman–Crippen MR) is 64.7 cm³/mol. The predicted octanol–water partition coefficient (Wildman–Crippen LogP) is 0.915. The second-order valence-corrected chi connectivity index (χ2v) is 4.07. The van der Waals surface area contributed by atoms with Gasteiger partial charge in [0.05, 0.1) is 11.8 Å². The number of aliphatic hydroxyl groups excluding tert-OH is 1. The molecule has 3 N–H and O–H groups in total. The molecule has 0 saturated carbocycles. The lowest BCUT2D eigenvalue weighted by atomic mass is 10.3. The molecule has 0 fully saturated rings. The maximum absolute atomic E-state index is 13.3. The molecule has 0 aliphatic rings. The van der Waals surface area contributed by atoms with Crippen molar-refractivity contribution in [2.24, 2.45) is 0 Å². The number of carbonyl (C=O) groups is 2. The van der Waals surface area contributed by atoms with Gasteiger partial charge in [0.2, 0.25) is 0 Å². The fraction of sp³-hybridized carbons (Fsp3) is 0.273. The number of amides is 2. The first-order valence-electron chi connectivity index (χ1n) is 5.12. The fourth-order valence-corrected chi connectivity index (χ4v) is 1.27. The highest BCUT2D eigenvalue weighted by Crippen LogP contribution is 2.19. The molecule has 1 aromatic rings. The number of hydrogen-bond donors (Lipinski definition) is 3. The van der Waals surface area contributed by atoms with E-state index in [0.717, 1.165) is 6.07 Å². The molecular weight excluding hydrogens is 263 g/mol. The number of anilines is 1. The third-order valence-electron chi connectivity index (χ3n) is 1.94. The Balaban J connectivity index is 2.64. The van der Waals surface area contributed by atoms with E-state index >= 15 is 0 Å². The van der Waals surface area contributed by atoms with Crippen LogP contribution >= 0.6 is 11.6 Å². The summed E-state index contributed by atoms with van der Waals surface area (Å²) in [5.41, 5.74) is -0.181. The molecule has 1 atom stereocenters. The SMILES string of the molecule is CC(O)CNC(=O)C(=O)Nc1cc(Cl)ccc1F. The molecule has 5 nitrogen and oxygen atoms in total. The van der Waals surface area contributed by atoms with Crippen LogP contribution in [0, 0.1) is 5.82 Å². The summed E-state index contributed by atoms with van der Waals surface area (Å²) in [4.78, 5) is 22.6. The molecule has 1 unspecified atom stereocenters. The minimum Gasteiger partial charge on any atom is -0.392 e. The van der Waals surface area contributed by atoms with Gasteiger partial charge in [-0.2, -0.15) is 0 Å². The van der Waals surface area contributed by atoms with Crippen LogP contribution in [0.25, 0.3) is 0 Å². The summed E-state index contributed by atoms with van der Waals surface area (Å²) < 4.78 is 13.3. The van der Waals surface area contributed by atoms with Crippen LogP contribution in [0.2, 0.25) is 5.02 Å². The molecule has 2 amide bonds. The molecule has 0 heterocycles. The van der Waals surface area contributed by atoms with Crippen molar-refractivity contribution in [1.82, 2.24) is 5.32 Å². The van der Waals surface area contributed by atoms with Crippen LogP contribution in [-0.2, 0) is 9.59 Å². The van der Waals surface area contributed by atoms with Gasteiger partial charge in [-0.25, -0.2) is 4.39 Å². The smallest absolute Gasteiger partial charge is 0.313 e. The molecule has 0 spiro atoms. The molecular formula is C11H12ClFN2O3. The summed E-state index contributed by atoms with van der Waals surface area (Å²) in [5, 5.41) is 13.4. The third kappa shape index (κ3) is 4.31. The molecule has 1 rings (SSSR count). The van der Waals surface area contributed by atoms with Gasteiger partial charge >= 0.3 is 11.8 Å². The molecule has 1 aromatic carbocycles. The van der Waals surface area contributed by atoms with E-state index in [1.54, 1.807) is 0 Å². The largest absolute Gasteiger partial charge is 0.392 e. The first kappa shape index (κ1) is 14.4. The number of nitrogens with one attached hydrogen (secondary N) is 2. The van der Waals surface area contributed by atoms with E-state index < -0.39 is 23.7 Å². The first-order chi connectivity index (χ1) is 8.40. The summed E-state index contributed by atoms with van der Waals surface area (Å²) in [5.74, 6) is -2.69. The van der Waals surface area contributed by atoms with Crippen molar-refractivity contribution in [2.75, 3.05) is 11.9 Å². The third-order valence-corrected chi connectivity index (χ3v) is 2.18. The summed E-state index contributed by atoms with van der Waals surface area (Å²) in [6.07, 6.45) is -0.773. The average molecular weight is 275 g/mol. The second-order valence-electron chi connectivity index (χ2n) is 3.64. The van der Waals surface area contributed by atoms with Gasteiger partial charge in [-0.3, -0.25) is 9.59 Å². The van der Waals surface area contributed by atoms with Gasteiger partial charge in [0.1, 0.15) is 5.82 Å². The standard InChI is InChI=1S/C11H12ClFN2O3/c1-6(16)5-14-10(17)11(18)15-9-4-7(12)2-3-8(9)13/h2-4,6,16H,5H2,1H3,(H,14,17)(H,15,18). The van der Waals surface area contributed by atoms with Gasteiger partial charge in [-0.15, -0.1) is 0 Å². The number of halogens is 2.